The minimum Gasteiger partial charge on any atom is -0.476 e. The summed E-state index contributed by atoms with van der Waals surface area (Å²) in [4.78, 5) is 13.0. The van der Waals surface area contributed by atoms with Crippen LogP contribution in [0.4, 0.5) is 4.39 Å². The summed E-state index contributed by atoms with van der Waals surface area (Å²) < 4.78 is 13.4. The number of aromatic amines is 1. The SMILES string of the molecule is O=C(O)c1[nH]c2ccc(Cl)cc2c1F. The zero-order valence-corrected chi connectivity index (χ0v) is 7.60. The highest BCUT2D eigenvalue weighted by Gasteiger charge is 2.16. The molecule has 2 N–H and O–H groups in total. The second kappa shape index (κ2) is 2.99. The van der Waals surface area contributed by atoms with Crippen LogP contribution in [0.1, 0.15) is 10.5 Å². The quantitative estimate of drug-likeness (QED) is 0.765. The van der Waals surface area contributed by atoms with Gasteiger partial charge in [-0.25, -0.2) is 9.18 Å². The molecule has 0 atom stereocenters. The fraction of sp³-hybridized carbons (Fsp3) is 0. The predicted molar refractivity (Wildman–Crippen MR) is 50.2 cm³/mol. The van der Waals surface area contributed by atoms with Crippen LogP contribution in [0.5, 0.6) is 0 Å². The Bertz CT molecular complexity index is 521. The van der Waals surface area contributed by atoms with Crippen LogP contribution in [0.3, 0.4) is 0 Å². The Labute approximate surface area is 83.1 Å². The van der Waals surface area contributed by atoms with Crippen LogP contribution >= 0.6 is 11.6 Å². The zero-order chi connectivity index (χ0) is 10.3. The van der Waals surface area contributed by atoms with Crippen molar-refractivity contribution in [3.63, 3.8) is 0 Å². The van der Waals surface area contributed by atoms with Gasteiger partial charge in [-0.3, -0.25) is 0 Å². The van der Waals surface area contributed by atoms with Gasteiger partial charge in [-0.05, 0) is 18.2 Å². The van der Waals surface area contributed by atoms with Gasteiger partial charge in [-0.1, -0.05) is 11.6 Å². The van der Waals surface area contributed by atoms with E-state index in [-0.39, 0.29) is 5.39 Å². The van der Waals surface area contributed by atoms with E-state index < -0.39 is 17.5 Å². The van der Waals surface area contributed by atoms with Crippen LogP contribution < -0.4 is 0 Å². The number of H-pyrrole nitrogens is 1. The molecular weight excluding hydrogens is 209 g/mol. The highest BCUT2D eigenvalue weighted by molar-refractivity contribution is 6.31. The number of aromatic nitrogens is 1. The Balaban J connectivity index is 2.80. The van der Waals surface area contributed by atoms with Gasteiger partial charge < -0.3 is 10.1 Å². The number of carboxylic acids is 1. The second-order valence-corrected chi connectivity index (χ2v) is 3.25. The van der Waals surface area contributed by atoms with Crippen molar-refractivity contribution in [3.8, 4) is 0 Å². The molecule has 0 aliphatic carbocycles. The fourth-order valence-corrected chi connectivity index (χ4v) is 1.45. The molecule has 5 heteroatoms. The summed E-state index contributed by atoms with van der Waals surface area (Å²) in [5.41, 5.74) is -0.0217. The van der Waals surface area contributed by atoms with Crippen LogP contribution in [-0.2, 0) is 0 Å². The molecule has 1 aromatic heterocycles. The van der Waals surface area contributed by atoms with Crippen LogP contribution in [0.2, 0.25) is 5.02 Å². The summed E-state index contributed by atoms with van der Waals surface area (Å²) in [6.45, 7) is 0. The third-order valence-electron chi connectivity index (χ3n) is 1.91. The molecule has 0 saturated carbocycles. The number of benzene rings is 1. The number of rotatable bonds is 1. The number of halogens is 2. The van der Waals surface area contributed by atoms with E-state index in [4.69, 9.17) is 16.7 Å². The standard InChI is InChI=1S/C9H5ClFNO2/c10-4-1-2-6-5(3-4)7(11)8(12-6)9(13)14/h1-3,12H,(H,13,14). The van der Waals surface area contributed by atoms with Crippen molar-refractivity contribution in [2.45, 2.75) is 0 Å². The van der Waals surface area contributed by atoms with Crippen molar-refractivity contribution in [2.24, 2.45) is 0 Å². The van der Waals surface area contributed by atoms with Crippen molar-refractivity contribution >= 4 is 28.5 Å². The first-order valence-electron chi connectivity index (χ1n) is 3.79. The maximum atomic E-state index is 13.4. The van der Waals surface area contributed by atoms with Crippen LogP contribution in [-0.4, -0.2) is 16.1 Å². The number of aromatic carboxylic acids is 1. The maximum Gasteiger partial charge on any atom is 0.355 e. The van der Waals surface area contributed by atoms with E-state index in [1.165, 1.54) is 12.1 Å². The summed E-state index contributed by atoms with van der Waals surface area (Å²) >= 11 is 5.65. The van der Waals surface area contributed by atoms with E-state index in [1.807, 2.05) is 0 Å². The van der Waals surface area contributed by atoms with Crippen molar-refractivity contribution in [1.29, 1.82) is 0 Å². The van der Waals surface area contributed by atoms with Gasteiger partial charge in [0.05, 0.1) is 0 Å². The molecule has 1 aromatic carbocycles. The number of nitrogens with one attached hydrogen (secondary N) is 1. The molecule has 0 radical (unpaired) electrons. The minimum atomic E-state index is -1.32. The highest BCUT2D eigenvalue weighted by atomic mass is 35.5. The molecule has 0 aliphatic rings. The first-order chi connectivity index (χ1) is 6.59. The Kier molecular flexibility index (Phi) is 1.93. The van der Waals surface area contributed by atoms with Crippen LogP contribution in [0, 0.1) is 5.82 Å². The van der Waals surface area contributed by atoms with Crippen LogP contribution in [0.25, 0.3) is 10.9 Å². The molecule has 0 amide bonds. The number of fused-ring (bicyclic) bond motifs is 1. The Morgan fingerprint density at radius 2 is 2.21 bits per heavy atom. The average molecular weight is 214 g/mol. The van der Waals surface area contributed by atoms with Crippen molar-refractivity contribution in [2.75, 3.05) is 0 Å². The second-order valence-electron chi connectivity index (χ2n) is 2.81. The number of carbonyl (C=O) groups is 1. The molecule has 0 spiro atoms. The van der Waals surface area contributed by atoms with E-state index in [0.29, 0.717) is 10.5 Å². The van der Waals surface area contributed by atoms with Gasteiger partial charge in [0, 0.05) is 15.9 Å². The fourth-order valence-electron chi connectivity index (χ4n) is 1.28. The first kappa shape index (κ1) is 9.02. The lowest BCUT2D eigenvalue weighted by atomic mass is 10.2. The Morgan fingerprint density at radius 3 is 2.86 bits per heavy atom. The van der Waals surface area contributed by atoms with Crippen molar-refractivity contribution < 1.29 is 14.3 Å². The molecule has 0 bridgehead atoms. The first-order valence-corrected chi connectivity index (χ1v) is 4.17. The molecule has 0 fully saturated rings. The van der Waals surface area contributed by atoms with E-state index in [0.717, 1.165) is 0 Å². The lowest BCUT2D eigenvalue weighted by Gasteiger charge is -1.89. The van der Waals surface area contributed by atoms with Gasteiger partial charge >= 0.3 is 5.97 Å². The summed E-state index contributed by atoms with van der Waals surface area (Å²) in [5, 5.41) is 9.19. The number of carboxylic acid groups (broad SMARTS) is 1. The maximum absolute atomic E-state index is 13.4. The third-order valence-corrected chi connectivity index (χ3v) is 2.15. The number of hydrogen-bond donors (Lipinski definition) is 2. The van der Waals surface area contributed by atoms with Gasteiger partial charge in [0.1, 0.15) is 0 Å². The van der Waals surface area contributed by atoms with Gasteiger partial charge in [0.15, 0.2) is 11.5 Å². The third kappa shape index (κ3) is 1.24. The molecule has 2 rings (SSSR count). The lowest BCUT2D eigenvalue weighted by Crippen LogP contribution is -1.98. The molecule has 0 aliphatic heterocycles. The van der Waals surface area contributed by atoms with E-state index in [9.17, 15) is 9.18 Å². The Hall–Kier alpha value is -1.55. The summed E-state index contributed by atoms with van der Waals surface area (Å²) in [6, 6.07) is 4.48. The highest BCUT2D eigenvalue weighted by Crippen LogP contribution is 2.24. The van der Waals surface area contributed by atoms with Crippen molar-refractivity contribution in [3.05, 3.63) is 34.7 Å². The lowest BCUT2D eigenvalue weighted by molar-refractivity contribution is 0.0686. The molecule has 0 unspecified atom stereocenters. The van der Waals surface area contributed by atoms with E-state index in [1.54, 1.807) is 6.07 Å². The van der Waals surface area contributed by atoms with Crippen molar-refractivity contribution in [1.82, 2.24) is 4.98 Å². The molecular formula is C9H5ClFNO2. The molecule has 1 heterocycles. The normalized spacial score (nSPS) is 10.7. The van der Waals surface area contributed by atoms with Gasteiger partial charge in [0.2, 0.25) is 0 Å². The molecule has 3 nitrogen and oxygen atoms in total. The van der Waals surface area contributed by atoms with Gasteiger partial charge in [0.25, 0.3) is 0 Å². The zero-order valence-electron chi connectivity index (χ0n) is 6.84. The number of hydrogen-bond acceptors (Lipinski definition) is 1. The summed E-state index contributed by atoms with van der Waals surface area (Å²) in [7, 11) is 0. The average Bonchev–Trinajstić information content (AvgIpc) is 2.44. The smallest absolute Gasteiger partial charge is 0.355 e. The van der Waals surface area contributed by atoms with E-state index in [2.05, 4.69) is 4.98 Å². The molecule has 2 aromatic rings. The predicted octanol–water partition coefficient (Wildman–Crippen LogP) is 2.66. The van der Waals surface area contributed by atoms with E-state index >= 15 is 0 Å². The summed E-state index contributed by atoms with van der Waals surface area (Å²) in [5.74, 6) is -2.11. The van der Waals surface area contributed by atoms with Crippen LogP contribution in [0.15, 0.2) is 18.2 Å². The van der Waals surface area contributed by atoms with Gasteiger partial charge in [-0.2, -0.15) is 0 Å². The minimum absolute atomic E-state index is 0.190. The monoisotopic (exact) mass is 213 g/mol. The molecule has 14 heavy (non-hydrogen) atoms. The molecule has 0 saturated heterocycles. The van der Waals surface area contributed by atoms with Gasteiger partial charge in [-0.15, -0.1) is 0 Å². The summed E-state index contributed by atoms with van der Waals surface area (Å²) in [6.07, 6.45) is 0. The Morgan fingerprint density at radius 1 is 1.50 bits per heavy atom. The topological polar surface area (TPSA) is 53.1 Å². The largest absolute Gasteiger partial charge is 0.476 e. The molecule has 72 valence electrons.